The van der Waals surface area contributed by atoms with E-state index < -0.39 is 0 Å². The molecule has 1 aliphatic rings. The molecule has 0 unspecified atom stereocenters. The van der Waals surface area contributed by atoms with Gasteiger partial charge in [0, 0.05) is 19.5 Å². The molecule has 1 amide bonds. The van der Waals surface area contributed by atoms with Gasteiger partial charge in [-0.1, -0.05) is 26.2 Å². The maximum absolute atomic E-state index is 11.3. The van der Waals surface area contributed by atoms with Gasteiger partial charge < -0.3 is 10.0 Å². The minimum absolute atomic E-state index is 0.210. The molecule has 0 aromatic heterocycles. The highest BCUT2D eigenvalue weighted by Gasteiger charge is 2.27. The molecule has 1 saturated heterocycles. The summed E-state index contributed by atoms with van der Waals surface area (Å²) < 4.78 is 0. The summed E-state index contributed by atoms with van der Waals surface area (Å²) in [6.07, 6.45) is 4.97. The quantitative estimate of drug-likeness (QED) is 0.653. The van der Waals surface area contributed by atoms with E-state index in [4.69, 9.17) is 5.11 Å². The molecule has 0 spiro atoms. The van der Waals surface area contributed by atoms with E-state index in [9.17, 15) is 4.79 Å². The van der Waals surface area contributed by atoms with Crippen LogP contribution in [0, 0.1) is 0 Å². The Morgan fingerprint density at radius 1 is 1.38 bits per heavy atom. The van der Waals surface area contributed by atoms with E-state index in [1.807, 2.05) is 0 Å². The second-order valence-electron chi connectivity index (χ2n) is 3.76. The first-order valence-electron chi connectivity index (χ1n) is 5.20. The molecular weight excluding hydrogens is 166 g/mol. The molecule has 0 radical (unpaired) electrons. The van der Waals surface area contributed by atoms with Crippen LogP contribution >= 0.6 is 0 Å². The van der Waals surface area contributed by atoms with E-state index in [-0.39, 0.29) is 12.0 Å². The van der Waals surface area contributed by atoms with Crippen LogP contribution < -0.4 is 0 Å². The monoisotopic (exact) mass is 185 g/mol. The van der Waals surface area contributed by atoms with Gasteiger partial charge >= 0.3 is 0 Å². The zero-order valence-corrected chi connectivity index (χ0v) is 8.33. The third-order valence-corrected chi connectivity index (χ3v) is 2.46. The molecule has 76 valence electrons. The first-order valence-corrected chi connectivity index (χ1v) is 5.20. The third-order valence-electron chi connectivity index (χ3n) is 2.46. The molecule has 3 nitrogen and oxygen atoms in total. The normalized spacial score (nSPS) is 17.2. The van der Waals surface area contributed by atoms with Gasteiger partial charge in [0.25, 0.3) is 0 Å². The maximum atomic E-state index is 11.3. The van der Waals surface area contributed by atoms with E-state index >= 15 is 0 Å². The summed E-state index contributed by atoms with van der Waals surface area (Å²) in [5.74, 6) is 0.210. The number of aliphatic hydroxyl groups is 1. The van der Waals surface area contributed by atoms with E-state index in [0.29, 0.717) is 19.5 Å². The molecule has 1 fully saturated rings. The van der Waals surface area contributed by atoms with Gasteiger partial charge in [-0.2, -0.15) is 0 Å². The fourth-order valence-corrected chi connectivity index (χ4v) is 1.52. The maximum Gasteiger partial charge on any atom is 0.222 e. The van der Waals surface area contributed by atoms with Gasteiger partial charge in [-0.05, 0) is 6.42 Å². The summed E-state index contributed by atoms with van der Waals surface area (Å²) in [6.45, 7) is 3.26. The van der Waals surface area contributed by atoms with Gasteiger partial charge in [0.1, 0.15) is 0 Å². The summed E-state index contributed by atoms with van der Waals surface area (Å²) >= 11 is 0. The Bertz CT molecular complexity index is 164. The number of rotatable bonds is 5. The second-order valence-corrected chi connectivity index (χ2v) is 3.76. The number of carbonyl (C=O) groups is 1. The number of aliphatic hydroxyl groups excluding tert-OH is 1. The smallest absolute Gasteiger partial charge is 0.222 e. The molecule has 0 aromatic carbocycles. The molecule has 0 bridgehead atoms. The van der Waals surface area contributed by atoms with Crippen molar-refractivity contribution in [3.63, 3.8) is 0 Å². The SMILES string of the molecule is CCCCCCC(=O)N1CC(O)C1. The molecule has 0 atom stereocenters. The van der Waals surface area contributed by atoms with Gasteiger partial charge in [-0.25, -0.2) is 0 Å². The summed E-state index contributed by atoms with van der Waals surface area (Å²) in [5, 5.41) is 8.98. The van der Waals surface area contributed by atoms with Crippen molar-refractivity contribution in [1.29, 1.82) is 0 Å². The number of β-amino-alcohol motifs (C(OH)–C–C–N with tert-alkyl or cyclic N) is 1. The predicted molar refractivity (Wildman–Crippen MR) is 51.3 cm³/mol. The zero-order chi connectivity index (χ0) is 9.68. The van der Waals surface area contributed by atoms with Crippen molar-refractivity contribution < 1.29 is 9.90 Å². The van der Waals surface area contributed by atoms with Crippen molar-refractivity contribution in [2.24, 2.45) is 0 Å². The first-order chi connectivity index (χ1) is 6.24. The van der Waals surface area contributed by atoms with Gasteiger partial charge in [-0.15, -0.1) is 0 Å². The second kappa shape index (κ2) is 5.22. The van der Waals surface area contributed by atoms with Crippen LogP contribution in [0.1, 0.15) is 39.0 Å². The van der Waals surface area contributed by atoms with Gasteiger partial charge in [-0.3, -0.25) is 4.79 Å². The number of hydrogen-bond donors (Lipinski definition) is 1. The van der Waals surface area contributed by atoms with E-state index in [1.165, 1.54) is 12.8 Å². The number of nitrogens with zero attached hydrogens (tertiary/aromatic N) is 1. The lowest BCUT2D eigenvalue weighted by molar-refractivity contribution is -0.141. The van der Waals surface area contributed by atoms with E-state index in [0.717, 1.165) is 12.8 Å². The molecule has 1 rings (SSSR count). The van der Waals surface area contributed by atoms with Gasteiger partial charge in [0.15, 0.2) is 0 Å². The van der Waals surface area contributed by atoms with Crippen LogP contribution in [0.4, 0.5) is 0 Å². The molecular formula is C10H19NO2. The Labute approximate surface area is 79.7 Å². The molecule has 0 aromatic rings. The summed E-state index contributed by atoms with van der Waals surface area (Å²) in [7, 11) is 0. The van der Waals surface area contributed by atoms with E-state index in [1.54, 1.807) is 4.90 Å². The molecule has 1 N–H and O–H groups in total. The molecule has 1 aliphatic heterocycles. The third kappa shape index (κ3) is 3.35. The standard InChI is InChI=1S/C10H19NO2/c1-2-3-4-5-6-10(13)11-7-9(12)8-11/h9,12H,2-8H2,1H3. The topological polar surface area (TPSA) is 40.5 Å². The van der Waals surface area contributed by atoms with Crippen LogP contribution in [0.5, 0.6) is 0 Å². The zero-order valence-electron chi connectivity index (χ0n) is 8.33. The molecule has 0 aliphatic carbocycles. The van der Waals surface area contributed by atoms with Crippen molar-refractivity contribution >= 4 is 5.91 Å². The fraction of sp³-hybridized carbons (Fsp3) is 0.900. The Hall–Kier alpha value is -0.570. The average molecular weight is 185 g/mol. The Kier molecular flexibility index (Phi) is 4.22. The summed E-state index contributed by atoms with van der Waals surface area (Å²) in [6, 6.07) is 0. The largest absolute Gasteiger partial charge is 0.389 e. The lowest BCUT2D eigenvalue weighted by Crippen LogP contribution is -2.53. The number of hydrogen-bond acceptors (Lipinski definition) is 2. The van der Waals surface area contributed by atoms with Crippen LogP contribution in [0.3, 0.4) is 0 Å². The van der Waals surface area contributed by atoms with Crippen LogP contribution in [0.25, 0.3) is 0 Å². The number of unbranched alkanes of at least 4 members (excludes halogenated alkanes) is 3. The number of amides is 1. The molecule has 1 heterocycles. The first kappa shape index (κ1) is 10.5. The predicted octanol–water partition coefficient (Wildman–Crippen LogP) is 1.16. The van der Waals surface area contributed by atoms with Gasteiger partial charge in [0.05, 0.1) is 6.10 Å². The van der Waals surface area contributed by atoms with Crippen LogP contribution in [0.15, 0.2) is 0 Å². The highest BCUT2D eigenvalue weighted by Crippen LogP contribution is 2.11. The lowest BCUT2D eigenvalue weighted by Gasteiger charge is -2.35. The fourth-order valence-electron chi connectivity index (χ4n) is 1.52. The number of carbonyl (C=O) groups excluding carboxylic acids is 1. The van der Waals surface area contributed by atoms with Gasteiger partial charge in [0.2, 0.25) is 5.91 Å². The Balaban J connectivity index is 1.99. The van der Waals surface area contributed by atoms with Crippen LogP contribution in [-0.2, 0) is 4.79 Å². The molecule has 0 saturated carbocycles. The summed E-state index contributed by atoms with van der Waals surface area (Å²) in [5.41, 5.74) is 0. The molecule has 3 heteroatoms. The van der Waals surface area contributed by atoms with E-state index in [2.05, 4.69) is 6.92 Å². The molecule has 13 heavy (non-hydrogen) atoms. The average Bonchev–Trinajstić information content (AvgIpc) is 2.07. The summed E-state index contributed by atoms with van der Waals surface area (Å²) in [4.78, 5) is 13.1. The van der Waals surface area contributed by atoms with Crippen molar-refractivity contribution in [1.82, 2.24) is 4.90 Å². The number of likely N-dealkylation sites (tertiary alicyclic amines) is 1. The Morgan fingerprint density at radius 2 is 2.08 bits per heavy atom. The minimum Gasteiger partial charge on any atom is -0.389 e. The minimum atomic E-state index is -0.264. The van der Waals surface area contributed by atoms with Crippen molar-refractivity contribution in [3.05, 3.63) is 0 Å². The van der Waals surface area contributed by atoms with Crippen molar-refractivity contribution in [2.45, 2.75) is 45.1 Å². The lowest BCUT2D eigenvalue weighted by atomic mass is 10.1. The highest BCUT2D eigenvalue weighted by molar-refractivity contribution is 5.77. The Morgan fingerprint density at radius 3 is 2.62 bits per heavy atom. The van der Waals surface area contributed by atoms with Crippen LogP contribution in [0.2, 0.25) is 0 Å². The van der Waals surface area contributed by atoms with Crippen LogP contribution in [-0.4, -0.2) is 35.1 Å². The highest BCUT2D eigenvalue weighted by atomic mass is 16.3. The van der Waals surface area contributed by atoms with Crippen molar-refractivity contribution in [3.8, 4) is 0 Å². The van der Waals surface area contributed by atoms with Crippen molar-refractivity contribution in [2.75, 3.05) is 13.1 Å².